The van der Waals surface area contributed by atoms with Gasteiger partial charge in [0.25, 0.3) is 0 Å². The molecule has 0 saturated carbocycles. The van der Waals surface area contributed by atoms with Crippen molar-refractivity contribution >= 4 is 11.8 Å². The molecule has 1 saturated heterocycles. The Kier molecular flexibility index (Phi) is 4.43. The molecule has 56 valence electrons. The van der Waals surface area contributed by atoms with Gasteiger partial charge in [0.1, 0.15) is 0 Å². The average molecular weight is 180 g/mol. The molecule has 1 rings (SSSR count). The number of carbonyl (C=O) groups is 2. The summed E-state index contributed by atoms with van der Waals surface area (Å²) in [5.41, 5.74) is -0.139. The molecule has 1 heterocycles. The minimum atomic E-state index is -0.152. The Morgan fingerprint density at radius 3 is 1.82 bits per heavy atom. The molecule has 0 spiro atoms. The van der Waals surface area contributed by atoms with Crippen molar-refractivity contribution in [1.29, 1.82) is 0 Å². The normalized spacial score (nSPS) is 22.0. The third kappa shape index (κ3) is 3.80. The van der Waals surface area contributed by atoms with E-state index in [-0.39, 0.29) is 68.6 Å². The number of hydrogen-bond acceptors (Lipinski definition) is 2. The van der Waals surface area contributed by atoms with E-state index < -0.39 is 0 Å². The molecule has 1 aliphatic heterocycles. The van der Waals surface area contributed by atoms with Crippen LogP contribution in [0.2, 0.25) is 0 Å². The molecule has 1 N–H and O–H groups in total. The monoisotopic (exact) mass is 180 g/mol. The van der Waals surface area contributed by atoms with Crippen LogP contribution in [-0.4, -0.2) is 11.8 Å². The molecule has 0 bridgehead atoms. The van der Waals surface area contributed by atoms with Crippen molar-refractivity contribution in [3.05, 3.63) is 0 Å². The van der Waals surface area contributed by atoms with Gasteiger partial charge in [-0.3, -0.25) is 14.9 Å². The molecular weight excluding hydrogens is 169 g/mol. The van der Waals surface area contributed by atoms with Crippen LogP contribution in [0.4, 0.5) is 0 Å². The molecule has 0 aromatic rings. The zero-order valence-corrected chi connectivity index (χ0v) is 10.4. The Labute approximate surface area is 109 Å². The van der Waals surface area contributed by atoms with Gasteiger partial charge >= 0.3 is 51.4 Å². The van der Waals surface area contributed by atoms with Gasteiger partial charge in [-0.15, -0.1) is 0 Å². The molecule has 4 heteroatoms. The standard InChI is InChI=1S/C7H11NO2.K/c1-7(2)3-5(9)8-6(10)4-7;/h3-4H2,1-2H3,(H,8,9,10);/q;+1. The van der Waals surface area contributed by atoms with E-state index >= 15 is 0 Å². The Morgan fingerprint density at radius 1 is 1.18 bits per heavy atom. The first kappa shape index (κ1) is 11.8. The average Bonchev–Trinajstić information content (AvgIpc) is 1.54. The number of rotatable bonds is 0. The minimum absolute atomic E-state index is 0. The number of nitrogens with one attached hydrogen (secondary N) is 1. The molecule has 1 fully saturated rings. The number of hydrogen-bond donors (Lipinski definition) is 1. The van der Waals surface area contributed by atoms with Gasteiger partial charge in [0.05, 0.1) is 0 Å². The molecule has 0 radical (unpaired) electrons. The van der Waals surface area contributed by atoms with Crippen molar-refractivity contribution in [1.82, 2.24) is 5.32 Å². The third-order valence-electron chi connectivity index (χ3n) is 1.56. The van der Waals surface area contributed by atoms with Crippen molar-refractivity contribution in [3.63, 3.8) is 0 Å². The maximum absolute atomic E-state index is 10.8. The van der Waals surface area contributed by atoms with Crippen molar-refractivity contribution in [2.75, 3.05) is 0 Å². The SMILES string of the molecule is CC1(C)CC(=O)NC(=O)C1.[K+]. The topological polar surface area (TPSA) is 46.2 Å². The minimum Gasteiger partial charge on any atom is -0.296 e. The van der Waals surface area contributed by atoms with Crippen molar-refractivity contribution in [2.45, 2.75) is 26.7 Å². The van der Waals surface area contributed by atoms with Crippen LogP contribution in [0.5, 0.6) is 0 Å². The maximum Gasteiger partial charge on any atom is 1.00 e. The smallest absolute Gasteiger partial charge is 0.296 e. The van der Waals surface area contributed by atoms with Crippen LogP contribution in [0.1, 0.15) is 26.7 Å². The van der Waals surface area contributed by atoms with Crippen LogP contribution in [-0.2, 0) is 9.59 Å². The van der Waals surface area contributed by atoms with Gasteiger partial charge < -0.3 is 0 Å². The molecule has 0 aromatic carbocycles. The number of carbonyl (C=O) groups excluding carboxylic acids is 2. The van der Waals surface area contributed by atoms with E-state index in [1.165, 1.54) is 0 Å². The van der Waals surface area contributed by atoms with Crippen molar-refractivity contribution in [2.24, 2.45) is 5.41 Å². The summed E-state index contributed by atoms with van der Waals surface area (Å²) >= 11 is 0. The van der Waals surface area contributed by atoms with E-state index in [0.29, 0.717) is 12.8 Å². The summed E-state index contributed by atoms with van der Waals surface area (Å²) in [5.74, 6) is -0.303. The Balaban J connectivity index is 0.000001000. The molecule has 0 unspecified atom stereocenters. The molecule has 3 nitrogen and oxygen atoms in total. The molecule has 0 aliphatic carbocycles. The summed E-state index contributed by atoms with van der Waals surface area (Å²) in [6.45, 7) is 3.84. The molecule has 11 heavy (non-hydrogen) atoms. The Hall–Kier alpha value is 0.776. The second-order valence-corrected chi connectivity index (χ2v) is 3.49. The third-order valence-corrected chi connectivity index (χ3v) is 1.56. The Morgan fingerprint density at radius 2 is 1.55 bits per heavy atom. The molecule has 2 amide bonds. The van der Waals surface area contributed by atoms with Gasteiger partial charge in [0, 0.05) is 12.8 Å². The van der Waals surface area contributed by atoms with Crippen LogP contribution >= 0.6 is 0 Å². The van der Waals surface area contributed by atoms with Crippen LogP contribution in [0.15, 0.2) is 0 Å². The van der Waals surface area contributed by atoms with Gasteiger partial charge in [0.2, 0.25) is 11.8 Å². The molecule has 0 atom stereocenters. The zero-order chi connectivity index (χ0) is 7.78. The largest absolute Gasteiger partial charge is 1.00 e. The predicted octanol–water partition coefficient (Wildman–Crippen LogP) is -2.55. The van der Waals surface area contributed by atoms with Crippen molar-refractivity contribution in [3.8, 4) is 0 Å². The predicted molar refractivity (Wildman–Crippen MR) is 36.2 cm³/mol. The van der Waals surface area contributed by atoms with Crippen LogP contribution in [0, 0.1) is 5.41 Å². The first-order valence-corrected chi connectivity index (χ1v) is 3.32. The number of piperidine rings is 1. The van der Waals surface area contributed by atoms with Gasteiger partial charge in [-0.05, 0) is 5.41 Å². The fourth-order valence-electron chi connectivity index (χ4n) is 1.18. The van der Waals surface area contributed by atoms with Crippen LogP contribution in [0.3, 0.4) is 0 Å². The van der Waals surface area contributed by atoms with E-state index in [2.05, 4.69) is 5.32 Å². The molecular formula is C7H11KNO2+. The summed E-state index contributed by atoms with van der Waals surface area (Å²) in [6, 6.07) is 0. The number of amides is 2. The van der Waals surface area contributed by atoms with E-state index in [1.54, 1.807) is 0 Å². The van der Waals surface area contributed by atoms with Gasteiger partial charge in [-0.1, -0.05) is 13.8 Å². The quantitative estimate of drug-likeness (QED) is 0.330. The number of imide groups is 1. The fraction of sp³-hybridized carbons (Fsp3) is 0.714. The van der Waals surface area contributed by atoms with E-state index in [0.717, 1.165) is 0 Å². The van der Waals surface area contributed by atoms with Crippen molar-refractivity contribution < 1.29 is 61.0 Å². The second-order valence-electron chi connectivity index (χ2n) is 3.49. The fourth-order valence-corrected chi connectivity index (χ4v) is 1.18. The van der Waals surface area contributed by atoms with Gasteiger partial charge in [0.15, 0.2) is 0 Å². The van der Waals surface area contributed by atoms with Crippen LogP contribution < -0.4 is 56.7 Å². The van der Waals surface area contributed by atoms with Gasteiger partial charge in [-0.25, -0.2) is 0 Å². The van der Waals surface area contributed by atoms with E-state index in [1.807, 2.05) is 13.8 Å². The summed E-state index contributed by atoms with van der Waals surface area (Å²) < 4.78 is 0. The Bertz CT molecular complexity index is 171. The first-order chi connectivity index (χ1) is 4.49. The summed E-state index contributed by atoms with van der Waals surface area (Å²) in [6.07, 6.45) is 0.914. The maximum atomic E-state index is 10.8. The summed E-state index contributed by atoms with van der Waals surface area (Å²) in [4.78, 5) is 21.5. The second kappa shape index (κ2) is 4.14. The zero-order valence-electron chi connectivity index (χ0n) is 7.23. The van der Waals surface area contributed by atoms with E-state index in [9.17, 15) is 9.59 Å². The molecule has 0 aromatic heterocycles. The summed E-state index contributed by atoms with van der Waals surface area (Å²) in [5, 5.41) is 2.26. The summed E-state index contributed by atoms with van der Waals surface area (Å²) in [7, 11) is 0. The van der Waals surface area contributed by atoms with E-state index in [4.69, 9.17) is 0 Å². The molecule has 1 aliphatic rings. The first-order valence-electron chi connectivity index (χ1n) is 3.32. The van der Waals surface area contributed by atoms with Gasteiger partial charge in [-0.2, -0.15) is 0 Å². The van der Waals surface area contributed by atoms with Crippen LogP contribution in [0.25, 0.3) is 0 Å².